The summed E-state index contributed by atoms with van der Waals surface area (Å²) in [4.78, 5) is 4.81. The van der Waals surface area contributed by atoms with Gasteiger partial charge < -0.3 is 10.6 Å². The number of terminal acetylenes is 1. The summed E-state index contributed by atoms with van der Waals surface area (Å²) < 4.78 is 1.83. The van der Waals surface area contributed by atoms with Crippen molar-refractivity contribution in [3.05, 3.63) is 18.0 Å². The molecule has 6 heteroatoms. The largest absolute Gasteiger partial charge is 0.359 e. The first-order valence-electron chi connectivity index (χ1n) is 7.03. The summed E-state index contributed by atoms with van der Waals surface area (Å²) in [7, 11) is 2.03. The summed E-state index contributed by atoms with van der Waals surface area (Å²) in [6.45, 7) is 2.61. The Labute approximate surface area is 119 Å². The maximum atomic E-state index is 5.34. The standard InChI is InChI=1S/C14H18BN5/c1-2-5-17-13-8-12(10-3-6-16-7-4-10)19-14-11(15)9-18-20(13)14/h1,8-10,16-17H,3-7,15H2. The topological polar surface area (TPSA) is 54.2 Å². The second-order valence-electron chi connectivity index (χ2n) is 5.21. The van der Waals surface area contributed by atoms with Crippen molar-refractivity contribution < 1.29 is 0 Å². The molecule has 0 spiro atoms. The predicted molar refractivity (Wildman–Crippen MR) is 83.3 cm³/mol. The van der Waals surface area contributed by atoms with Crippen LogP contribution in [0.4, 0.5) is 5.82 Å². The van der Waals surface area contributed by atoms with Crippen LogP contribution in [0.25, 0.3) is 5.65 Å². The fourth-order valence-electron chi connectivity index (χ4n) is 2.69. The van der Waals surface area contributed by atoms with Crippen LogP contribution in [0.5, 0.6) is 0 Å². The zero-order chi connectivity index (χ0) is 13.9. The van der Waals surface area contributed by atoms with Crippen LogP contribution in [0.3, 0.4) is 0 Å². The van der Waals surface area contributed by atoms with Crippen molar-refractivity contribution in [3.8, 4) is 12.3 Å². The molecule has 0 radical (unpaired) electrons. The molecule has 2 aromatic heterocycles. The Morgan fingerprint density at radius 1 is 1.50 bits per heavy atom. The van der Waals surface area contributed by atoms with E-state index >= 15 is 0 Å². The van der Waals surface area contributed by atoms with Crippen molar-refractivity contribution >= 4 is 24.8 Å². The highest BCUT2D eigenvalue weighted by Gasteiger charge is 2.19. The molecule has 3 heterocycles. The van der Waals surface area contributed by atoms with Crippen molar-refractivity contribution in [1.82, 2.24) is 19.9 Å². The lowest BCUT2D eigenvalue weighted by molar-refractivity contribution is 0.453. The minimum absolute atomic E-state index is 0.490. The van der Waals surface area contributed by atoms with Gasteiger partial charge in [-0.05, 0) is 31.4 Å². The average Bonchev–Trinajstić information content (AvgIpc) is 2.87. The summed E-state index contributed by atoms with van der Waals surface area (Å²) in [5.74, 6) is 4.05. The highest BCUT2D eigenvalue weighted by Crippen LogP contribution is 2.25. The molecule has 0 atom stereocenters. The summed E-state index contributed by atoms with van der Waals surface area (Å²) in [6, 6.07) is 2.09. The van der Waals surface area contributed by atoms with Crippen LogP contribution in [0, 0.1) is 12.3 Å². The summed E-state index contributed by atoms with van der Waals surface area (Å²) >= 11 is 0. The third kappa shape index (κ3) is 2.37. The van der Waals surface area contributed by atoms with E-state index in [0.717, 1.165) is 48.6 Å². The normalized spacial score (nSPS) is 16.1. The SMILES string of the molecule is Bc1cnn2c(NCC#C)cc(C3CCNCC3)nc12. The summed E-state index contributed by atoms with van der Waals surface area (Å²) in [5, 5.41) is 11.0. The molecule has 0 unspecified atom stereocenters. The first-order valence-corrected chi connectivity index (χ1v) is 7.03. The highest BCUT2D eigenvalue weighted by molar-refractivity contribution is 6.36. The molecular formula is C14H18BN5. The molecule has 0 saturated carbocycles. The molecule has 2 N–H and O–H groups in total. The van der Waals surface area contributed by atoms with Gasteiger partial charge in [0.25, 0.3) is 0 Å². The number of hydrogen-bond donors (Lipinski definition) is 2. The molecule has 20 heavy (non-hydrogen) atoms. The summed E-state index contributed by atoms with van der Waals surface area (Å²) in [6.07, 6.45) is 9.44. The van der Waals surface area contributed by atoms with Gasteiger partial charge in [0.2, 0.25) is 0 Å². The van der Waals surface area contributed by atoms with E-state index in [4.69, 9.17) is 11.4 Å². The van der Waals surface area contributed by atoms with Gasteiger partial charge in [-0.25, -0.2) is 4.98 Å². The second-order valence-corrected chi connectivity index (χ2v) is 5.21. The number of aromatic nitrogens is 3. The minimum Gasteiger partial charge on any atom is -0.359 e. The van der Waals surface area contributed by atoms with Crippen molar-refractivity contribution in [1.29, 1.82) is 0 Å². The predicted octanol–water partition coefficient (Wildman–Crippen LogP) is -0.500. The van der Waals surface area contributed by atoms with Gasteiger partial charge in [-0.15, -0.1) is 6.42 Å². The van der Waals surface area contributed by atoms with Crippen LogP contribution in [0.2, 0.25) is 0 Å². The van der Waals surface area contributed by atoms with E-state index < -0.39 is 0 Å². The van der Waals surface area contributed by atoms with Crippen molar-refractivity contribution in [2.24, 2.45) is 0 Å². The van der Waals surface area contributed by atoms with Gasteiger partial charge in [0.05, 0.1) is 6.54 Å². The molecule has 1 aliphatic heterocycles. The highest BCUT2D eigenvalue weighted by atomic mass is 15.3. The lowest BCUT2D eigenvalue weighted by Crippen LogP contribution is -2.27. The maximum Gasteiger partial charge on any atom is 0.151 e. The van der Waals surface area contributed by atoms with E-state index in [1.54, 1.807) is 0 Å². The number of anilines is 1. The minimum atomic E-state index is 0.490. The van der Waals surface area contributed by atoms with Gasteiger partial charge in [-0.2, -0.15) is 9.61 Å². The first-order chi connectivity index (χ1) is 9.79. The fraction of sp³-hybridized carbons (Fsp3) is 0.429. The Morgan fingerprint density at radius 3 is 3.05 bits per heavy atom. The van der Waals surface area contributed by atoms with Crippen LogP contribution in [-0.2, 0) is 0 Å². The van der Waals surface area contributed by atoms with Crippen LogP contribution in [0.15, 0.2) is 12.3 Å². The van der Waals surface area contributed by atoms with E-state index in [2.05, 4.69) is 27.7 Å². The van der Waals surface area contributed by atoms with Gasteiger partial charge in [0.15, 0.2) is 5.65 Å². The van der Waals surface area contributed by atoms with Crippen LogP contribution in [0.1, 0.15) is 24.5 Å². The van der Waals surface area contributed by atoms with Gasteiger partial charge in [0, 0.05) is 23.9 Å². The molecule has 0 aromatic carbocycles. The summed E-state index contributed by atoms with van der Waals surface area (Å²) in [5.41, 5.74) is 3.15. The van der Waals surface area contributed by atoms with Crippen LogP contribution in [-0.4, -0.2) is 42.1 Å². The van der Waals surface area contributed by atoms with E-state index in [9.17, 15) is 0 Å². The Kier molecular flexibility index (Phi) is 3.61. The molecule has 1 saturated heterocycles. The Bertz CT molecular complexity index is 651. The molecule has 1 fully saturated rings. The number of piperidine rings is 1. The molecule has 0 amide bonds. The molecule has 102 valence electrons. The Morgan fingerprint density at radius 2 is 2.30 bits per heavy atom. The van der Waals surface area contributed by atoms with Crippen molar-refractivity contribution in [2.45, 2.75) is 18.8 Å². The number of nitrogens with zero attached hydrogens (tertiary/aromatic N) is 3. The van der Waals surface area contributed by atoms with Crippen LogP contribution >= 0.6 is 0 Å². The number of rotatable bonds is 3. The smallest absolute Gasteiger partial charge is 0.151 e. The average molecular weight is 267 g/mol. The molecule has 0 aliphatic carbocycles. The molecule has 0 bridgehead atoms. The van der Waals surface area contributed by atoms with E-state index in [1.807, 2.05) is 18.6 Å². The van der Waals surface area contributed by atoms with Crippen molar-refractivity contribution in [3.63, 3.8) is 0 Å². The molecule has 1 aliphatic rings. The maximum absolute atomic E-state index is 5.34. The zero-order valence-corrected chi connectivity index (χ0v) is 11.7. The second kappa shape index (κ2) is 5.55. The molecule has 2 aromatic rings. The van der Waals surface area contributed by atoms with E-state index in [1.165, 1.54) is 0 Å². The first kappa shape index (κ1) is 13.0. The molecule has 3 rings (SSSR count). The third-order valence-electron chi connectivity index (χ3n) is 3.80. The third-order valence-corrected chi connectivity index (χ3v) is 3.80. The van der Waals surface area contributed by atoms with Gasteiger partial charge in [0.1, 0.15) is 13.7 Å². The fourth-order valence-corrected chi connectivity index (χ4v) is 2.69. The van der Waals surface area contributed by atoms with Crippen molar-refractivity contribution in [2.75, 3.05) is 25.0 Å². The van der Waals surface area contributed by atoms with Crippen LogP contribution < -0.4 is 16.1 Å². The lowest BCUT2D eigenvalue weighted by atomic mass is 9.94. The molecule has 5 nitrogen and oxygen atoms in total. The van der Waals surface area contributed by atoms with Gasteiger partial charge in [-0.1, -0.05) is 5.92 Å². The van der Waals surface area contributed by atoms with E-state index in [-0.39, 0.29) is 0 Å². The Hall–Kier alpha value is -2.00. The van der Waals surface area contributed by atoms with E-state index in [0.29, 0.717) is 12.5 Å². The lowest BCUT2D eigenvalue weighted by Gasteiger charge is -2.23. The van der Waals surface area contributed by atoms with Gasteiger partial charge >= 0.3 is 0 Å². The quantitative estimate of drug-likeness (QED) is 0.581. The number of nitrogens with one attached hydrogen (secondary N) is 2. The Balaban J connectivity index is 2.03. The monoisotopic (exact) mass is 267 g/mol. The zero-order valence-electron chi connectivity index (χ0n) is 11.7. The number of fused-ring (bicyclic) bond motifs is 1. The van der Waals surface area contributed by atoms with Gasteiger partial charge in [-0.3, -0.25) is 0 Å². The number of hydrogen-bond acceptors (Lipinski definition) is 4. The molecular weight excluding hydrogens is 249 g/mol.